The van der Waals surface area contributed by atoms with Crippen LogP contribution in [0.5, 0.6) is 0 Å². The highest BCUT2D eigenvalue weighted by Crippen LogP contribution is 2.34. The summed E-state index contributed by atoms with van der Waals surface area (Å²) in [7, 11) is -3.38. The number of aryl methyl sites for hydroxylation is 1. The molecule has 3 aromatic carbocycles. The zero-order valence-corrected chi connectivity index (χ0v) is 27.0. The van der Waals surface area contributed by atoms with Gasteiger partial charge >= 0.3 is 12.0 Å². The van der Waals surface area contributed by atoms with Crippen LogP contribution in [0.3, 0.4) is 0 Å². The van der Waals surface area contributed by atoms with Gasteiger partial charge in [-0.05, 0) is 62.3 Å². The number of carboxylic acids is 1. The number of thiazole rings is 1. The van der Waals surface area contributed by atoms with E-state index >= 15 is 0 Å². The standard InChI is InChI=1S/C34H38N4O5S2/c1-23-31(26-13-17-28(18-14-26)37-45(2,42)43)35-33(44-23)36-34(41)38(29-19-15-27(16-20-29)32(39)40)22-21-30(24-9-5-3-6-10-24)25-11-7-4-8-12-25/h3-14,17-18,27,29-30,37H,15-16,19-22H2,1-2H3,(H,39,40)(H,35,36,41). The van der Waals surface area contributed by atoms with Gasteiger partial charge in [-0.3, -0.25) is 14.8 Å². The molecule has 236 valence electrons. The molecule has 1 aromatic heterocycles. The van der Waals surface area contributed by atoms with Crippen LogP contribution in [0.1, 0.15) is 54.0 Å². The zero-order chi connectivity index (χ0) is 32.0. The van der Waals surface area contributed by atoms with Gasteiger partial charge in [0.15, 0.2) is 5.13 Å². The Morgan fingerprint density at radius 2 is 1.51 bits per heavy atom. The summed E-state index contributed by atoms with van der Waals surface area (Å²) in [5, 5.41) is 13.1. The Kier molecular flexibility index (Phi) is 10.2. The molecule has 1 heterocycles. The van der Waals surface area contributed by atoms with Gasteiger partial charge in [0.2, 0.25) is 10.0 Å². The molecule has 0 unspecified atom stereocenters. The maximum atomic E-state index is 13.9. The minimum atomic E-state index is -3.38. The summed E-state index contributed by atoms with van der Waals surface area (Å²) in [5.41, 5.74) is 4.33. The quantitative estimate of drug-likeness (QED) is 0.158. The van der Waals surface area contributed by atoms with Crippen LogP contribution in [0.25, 0.3) is 11.3 Å². The molecule has 2 amide bonds. The largest absolute Gasteiger partial charge is 0.481 e. The van der Waals surface area contributed by atoms with Gasteiger partial charge in [0.1, 0.15) is 0 Å². The van der Waals surface area contributed by atoms with E-state index in [9.17, 15) is 23.1 Å². The molecular weight excluding hydrogens is 609 g/mol. The number of aliphatic carboxylic acids is 1. The lowest BCUT2D eigenvalue weighted by molar-refractivity contribution is -0.143. The Labute approximate surface area is 268 Å². The Balaban J connectivity index is 1.35. The summed E-state index contributed by atoms with van der Waals surface area (Å²) in [6.45, 7) is 2.43. The third kappa shape index (κ3) is 8.49. The van der Waals surface area contributed by atoms with E-state index in [1.165, 1.54) is 22.5 Å². The van der Waals surface area contributed by atoms with Gasteiger partial charge in [0, 0.05) is 34.6 Å². The normalized spacial score (nSPS) is 16.7. The van der Waals surface area contributed by atoms with Gasteiger partial charge in [-0.15, -0.1) is 11.3 Å². The van der Waals surface area contributed by atoms with Crippen LogP contribution in [-0.2, 0) is 14.8 Å². The summed E-state index contributed by atoms with van der Waals surface area (Å²) in [4.78, 5) is 33.1. The first-order chi connectivity index (χ1) is 21.6. The highest BCUT2D eigenvalue weighted by atomic mass is 32.2. The molecule has 9 nitrogen and oxygen atoms in total. The first-order valence-corrected chi connectivity index (χ1v) is 17.7. The molecule has 45 heavy (non-hydrogen) atoms. The van der Waals surface area contributed by atoms with E-state index in [1.807, 2.05) is 48.2 Å². The Bertz CT molecular complexity index is 1660. The molecule has 1 aliphatic rings. The molecular formula is C34H38N4O5S2. The highest BCUT2D eigenvalue weighted by molar-refractivity contribution is 7.92. The van der Waals surface area contributed by atoms with E-state index < -0.39 is 16.0 Å². The molecule has 3 N–H and O–H groups in total. The summed E-state index contributed by atoms with van der Waals surface area (Å²) in [6, 6.07) is 27.2. The van der Waals surface area contributed by atoms with Crippen LogP contribution in [0.2, 0.25) is 0 Å². The van der Waals surface area contributed by atoms with E-state index in [1.54, 1.807) is 24.3 Å². The fourth-order valence-corrected chi connectivity index (χ4v) is 7.43. The number of nitrogens with zero attached hydrogens (tertiary/aromatic N) is 2. The number of anilines is 2. The van der Waals surface area contributed by atoms with Gasteiger partial charge in [0.05, 0.1) is 17.9 Å². The van der Waals surface area contributed by atoms with Crippen molar-refractivity contribution in [3.05, 3.63) is 101 Å². The number of nitrogens with one attached hydrogen (secondary N) is 2. The fraction of sp³-hybridized carbons (Fsp3) is 0.324. The van der Waals surface area contributed by atoms with Crippen molar-refractivity contribution < 1.29 is 23.1 Å². The number of urea groups is 1. The maximum absolute atomic E-state index is 13.9. The number of hydrogen-bond donors (Lipinski definition) is 3. The van der Waals surface area contributed by atoms with Crippen LogP contribution < -0.4 is 10.0 Å². The maximum Gasteiger partial charge on any atom is 0.323 e. The summed E-state index contributed by atoms with van der Waals surface area (Å²) in [6.07, 6.45) is 4.13. The number of carbonyl (C=O) groups is 2. The predicted molar refractivity (Wildman–Crippen MR) is 179 cm³/mol. The number of carboxylic acid groups (broad SMARTS) is 1. The third-order valence-electron chi connectivity index (χ3n) is 8.28. The molecule has 4 aromatic rings. The third-order valence-corrected chi connectivity index (χ3v) is 9.77. The lowest BCUT2D eigenvalue weighted by atomic mass is 9.84. The van der Waals surface area contributed by atoms with Crippen molar-refractivity contribution in [3.8, 4) is 11.3 Å². The minimum absolute atomic E-state index is 0.0804. The van der Waals surface area contributed by atoms with Crippen LogP contribution in [0.15, 0.2) is 84.9 Å². The van der Waals surface area contributed by atoms with Crippen LogP contribution in [0.4, 0.5) is 15.6 Å². The summed E-state index contributed by atoms with van der Waals surface area (Å²) in [5.74, 6) is -1.06. The number of aromatic nitrogens is 1. The lowest BCUT2D eigenvalue weighted by Crippen LogP contribution is -2.46. The first-order valence-electron chi connectivity index (χ1n) is 15.0. The molecule has 0 atom stereocenters. The minimum Gasteiger partial charge on any atom is -0.481 e. The van der Waals surface area contributed by atoms with Crippen LogP contribution in [-0.4, -0.2) is 54.3 Å². The number of hydrogen-bond acceptors (Lipinski definition) is 6. The van der Waals surface area contributed by atoms with E-state index in [2.05, 4.69) is 34.3 Å². The second kappa shape index (κ2) is 14.3. The van der Waals surface area contributed by atoms with Gasteiger partial charge < -0.3 is 10.0 Å². The van der Waals surface area contributed by atoms with Crippen LogP contribution >= 0.6 is 11.3 Å². The number of sulfonamides is 1. The van der Waals surface area contributed by atoms with E-state index in [0.717, 1.165) is 16.7 Å². The average Bonchev–Trinajstić information content (AvgIpc) is 3.39. The van der Waals surface area contributed by atoms with Crippen molar-refractivity contribution in [2.75, 3.05) is 22.8 Å². The molecule has 1 aliphatic carbocycles. The molecule has 0 radical (unpaired) electrons. The van der Waals surface area contributed by atoms with Crippen molar-refractivity contribution in [2.24, 2.45) is 5.92 Å². The molecule has 1 fully saturated rings. The SMILES string of the molecule is Cc1sc(NC(=O)N(CCC(c2ccccc2)c2ccccc2)C2CCC(C(=O)O)CC2)nc1-c1ccc(NS(C)(=O)=O)cc1. The van der Waals surface area contributed by atoms with Crippen molar-refractivity contribution in [1.82, 2.24) is 9.88 Å². The number of amides is 2. The van der Waals surface area contributed by atoms with Gasteiger partial charge in [0.25, 0.3) is 0 Å². The summed E-state index contributed by atoms with van der Waals surface area (Å²) >= 11 is 1.38. The van der Waals surface area contributed by atoms with E-state index in [-0.39, 0.29) is 23.9 Å². The first kappa shape index (κ1) is 32.2. The molecule has 0 spiro atoms. The second-order valence-corrected chi connectivity index (χ2v) is 14.5. The van der Waals surface area contributed by atoms with Gasteiger partial charge in [-0.2, -0.15) is 0 Å². The monoisotopic (exact) mass is 646 g/mol. The Morgan fingerprint density at radius 3 is 2.04 bits per heavy atom. The Hall–Kier alpha value is -4.22. The van der Waals surface area contributed by atoms with Crippen molar-refractivity contribution in [1.29, 1.82) is 0 Å². The van der Waals surface area contributed by atoms with Crippen molar-refractivity contribution >= 4 is 44.2 Å². The van der Waals surface area contributed by atoms with Gasteiger partial charge in [-0.1, -0.05) is 72.8 Å². The molecule has 1 saturated carbocycles. The van der Waals surface area contributed by atoms with E-state index in [4.69, 9.17) is 4.98 Å². The highest BCUT2D eigenvalue weighted by Gasteiger charge is 2.32. The fourth-order valence-electron chi connectivity index (χ4n) is 6.04. The smallest absolute Gasteiger partial charge is 0.323 e. The second-order valence-electron chi connectivity index (χ2n) is 11.5. The summed E-state index contributed by atoms with van der Waals surface area (Å²) < 4.78 is 25.6. The predicted octanol–water partition coefficient (Wildman–Crippen LogP) is 7.19. The molecule has 0 saturated heterocycles. The lowest BCUT2D eigenvalue weighted by Gasteiger charge is -2.36. The number of rotatable bonds is 11. The number of benzene rings is 3. The Morgan fingerprint density at radius 1 is 0.933 bits per heavy atom. The van der Waals surface area contributed by atoms with Crippen molar-refractivity contribution in [2.45, 2.75) is 51.0 Å². The van der Waals surface area contributed by atoms with Gasteiger partial charge in [-0.25, -0.2) is 18.2 Å². The molecule has 0 aliphatic heterocycles. The topological polar surface area (TPSA) is 129 Å². The molecule has 11 heteroatoms. The van der Waals surface area contributed by atoms with Crippen molar-refractivity contribution in [3.63, 3.8) is 0 Å². The van der Waals surface area contributed by atoms with Crippen LogP contribution in [0, 0.1) is 12.8 Å². The molecule has 0 bridgehead atoms. The zero-order valence-electron chi connectivity index (χ0n) is 25.3. The van der Waals surface area contributed by atoms with E-state index in [0.29, 0.717) is 55.2 Å². The molecule has 5 rings (SSSR count). The average molecular weight is 647 g/mol. The number of carbonyl (C=O) groups excluding carboxylic acids is 1.